The Morgan fingerprint density at radius 3 is 2.62 bits per heavy atom. The first-order valence-electron chi connectivity index (χ1n) is 6.67. The van der Waals surface area contributed by atoms with Crippen LogP contribution in [-0.4, -0.2) is 6.04 Å². The molecule has 21 heavy (non-hydrogen) atoms. The van der Waals surface area contributed by atoms with Crippen molar-refractivity contribution in [2.45, 2.75) is 25.8 Å². The molecule has 0 spiro atoms. The van der Waals surface area contributed by atoms with Gasteiger partial charge in [0.2, 0.25) is 0 Å². The molecule has 1 atom stereocenters. The van der Waals surface area contributed by atoms with Crippen LogP contribution >= 0.6 is 31.9 Å². The van der Waals surface area contributed by atoms with Crippen molar-refractivity contribution >= 4 is 31.9 Å². The van der Waals surface area contributed by atoms with Crippen molar-refractivity contribution in [2.24, 2.45) is 5.73 Å². The van der Waals surface area contributed by atoms with E-state index in [1.165, 1.54) is 6.07 Å². The predicted molar refractivity (Wildman–Crippen MR) is 90.3 cm³/mol. The van der Waals surface area contributed by atoms with Gasteiger partial charge in [0.25, 0.3) is 0 Å². The van der Waals surface area contributed by atoms with Gasteiger partial charge in [0.15, 0.2) is 0 Å². The quantitative estimate of drug-likeness (QED) is 0.705. The van der Waals surface area contributed by atoms with Gasteiger partial charge in [-0.05, 0) is 59.1 Å². The van der Waals surface area contributed by atoms with Gasteiger partial charge in [-0.25, -0.2) is 4.39 Å². The molecule has 0 radical (unpaired) electrons. The topological polar surface area (TPSA) is 35.2 Å². The molecule has 5 heteroatoms. The van der Waals surface area contributed by atoms with Gasteiger partial charge in [-0.2, -0.15) is 0 Å². The highest BCUT2D eigenvalue weighted by atomic mass is 79.9. The summed E-state index contributed by atoms with van der Waals surface area (Å²) in [5.74, 6) is 0.849. The average molecular weight is 417 g/mol. The second kappa shape index (κ2) is 7.38. The van der Waals surface area contributed by atoms with Crippen LogP contribution in [0.5, 0.6) is 11.5 Å². The normalized spacial score (nSPS) is 12.2. The van der Waals surface area contributed by atoms with Crippen LogP contribution in [0.2, 0.25) is 0 Å². The Labute approximate surface area is 140 Å². The van der Waals surface area contributed by atoms with E-state index >= 15 is 0 Å². The smallest absolute Gasteiger partial charge is 0.141 e. The lowest BCUT2D eigenvalue weighted by molar-refractivity contribution is 0.458. The lowest BCUT2D eigenvalue weighted by atomic mass is 10.0. The molecule has 0 aromatic heterocycles. The summed E-state index contributed by atoms with van der Waals surface area (Å²) in [5, 5.41) is 0. The van der Waals surface area contributed by atoms with Gasteiger partial charge in [0.1, 0.15) is 17.3 Å². The molecule has 2 aromatic carbocycles. The Balaban J connectivity index is 2.33. The third-order valence-corrected chi connectivity index (χ3v) is 4.29. The zero-order valence-corrected chi connectivity index (χ0v) is 14.7. The van der Waals surface area contributed by atoms with Crippen molar-refractivity contribution in [2.75, 3.05) is 0 Å². The van der Waals surface area contributed by atoms with Crippen LogP contribution in [0.25, 0.3) is 0 Å². The van der Waals surface area contributed by atoms with Gasteiger partial charge in [-0.1, -0.05) is 28.9 Å². The Bertz CT molecular complexity index is 634. The van der Waals surface area contributed by atoms with Crippen LogP contribution in [-0.2, 0) is 6.42 Å². The standard InChI is InChI=1S/C16H16Br2FNO/c1-2-11(20)9-12-14(19)4-3-5-15(12)21-16-7-6-10(17)8-13(16)18/h3-8,11H,2,9,20H2,1H3. The zero-order valence-electron chi connectivity index (χ0n) is 11.6. The molecular weight excluding hydrogens is 401 g/mol. The van der Waals surface area contributed by atoms with E-state index in [1.807, 2.05) is 25.1 Å². The van der Waals surface area contributed by atoms with E-state index < -0.39 is 0 Å². The van der Waals surface area contributed by atoms with Crippen LogP contribution < -0.4 is 10.5 Å². The lowest BCUT2D eigenvalue weighted by Crippen LogP contribution is -2.22. The van der Waals surface area contributed by atoms with Gasteiger partial charge in [0, 0.05) is 16.1 Å². The summed E-state index contributed by atoms with van der Waals surface area (Å²) in [7, 11) is 0. The van der Waals surface area contributed by atoms with Gasteiger partial charge in [0.05, 0.1) is 4.47 Å². The number of nitrogens with two attached hydrogens (primary N) is 1. The van der Waals surface area contributed by atoms with Gasteiger partial charge in [-0.3, -0.25) is 0 Å². The molecule has 0 saturated carbocycles. The molecule has 2 rings (SSSR count). The van der Waals surface area contributed by atoms with E-state index in [0.717, 1.165) is 15.4 Å². The molecule has 0 bridgehead atoms. The minimum Gasteiger partial charge on any atom is -0.456 e. The van der Waals surface area contributed by atoms with Crippen molar-refractivity contribution in [3.05, 3.63) is 56.7 Å². The second-order valence-corrected chi connectivity index (χ2v) is 6.54. The first kappa shape index (κ1) is 16.5. The van der Waals surface area contributed by atoms with Crippen LogP contribution in [0, 0.1) is 5.82 Å². The summed E-state index contributed by atoms with van der Waals surface area (Å²) in [4.78, 5) is 0. The molecule has 0 saturated heterocycles. The highest BCUT2D eigenvalue weighted by Crippen LogP contribution is 2.34. The first-order valence-corrected chi connectivity index (χ1v) is 8.25. The van der Waals surface area contributed by atoms with E-state index in [-0.39, 0.29) is 11.9 Å². The fourth-order valence-corrected chi connectivity index (χ4v) is 3.04. The molecule has 0 amide bonds. The SMILES string of the molecule is CCC(N)Cc1c(F)cccc1Oc1ccc(Br)cc1Br. The van der Waals surface area contributed by atoms with E-state index in [0.29, 0.717) is 23.5 Å². The number of ether oxygens (including phenoxy) is 1. The molecule has 1 unspecified atom stereocenters. The van der Waals surface area contributed by atoms with Crippen LogP contribution in [0.15, 0.2) is 45.3 Å². The number of hydrogen-bond donors (Lipinski definition) is 1. The maximum atomic E-state index is 14.1. The molecule has 2 nitrogen and oxygen atoms in total. The summed E-state index contributed by atoms with van der Waals surface area (Å²) in [6.45, 7) is 1.98. The highest BCUT2D eigenvalue weighted by molar-refractivity contribution is 9.11. The molecule has 0 heterocycles. The Morgan fingerprint density at radius 2 is 1.95 bits per heavy atom. The Kier molecular flexibility index (Phi) is 5.79. The largest absolute Gasteiger partial charge is 0.456 e. The summed E-state index contributed by atoms with van der Waals surface area (Å²) in [5.41, 5.74) is 6.46. The van der Waals surface area contributed by atoms with Crippen LogP contribution in [0.1, 0.15) is 18.9 Å². The molecule has 112 valence electrons. The van der Waals surface area contributed by atoms with Crippen molar-refractivity contribution in [1.29, 1.82) is 0 Å². The molecule has 2 aromatic rings. The fourth-order valence-electron chi connectivity index (χ4n) is 1.92. The molecule has 0 aliphatic carbocycles. The van der Waals surface area contributed by atoms with Crippen molar-refractivity contribution in [1.82, 2.24) is 0 Å². The lowest BCUT2D eigenvalue weighted by Gasteiger charge is -2.15. The molecule has 0 aliphatic heterocycles. The van der Waals surface area contributed by atoms with Gasteiger partial charge < -0.3 is 10.5 Å². The first-order chi connectivity index (χ1) is 10.0. The Morgan fingerprint density at radius 1 is 1.19 bits per heavy atom. The van der Waals surface area contributed by atoms with Crippen molar-refractivity contribution < 1.29 is 9.13 Å². The maximum absolute atomic E-state index is 14.1. The summed E-state index contributed by atoms with van der Waals surface area (Å²) < 4.78 is 21.7. The van der Waals surface area contributed by atoms with Crippen LogP contribution in [0.4, 0.5) is 4.39 Å². The van der Waals surface area contributed by atoms with Crippen molar-refractivity contribution in [3.8, 4) is 11.5 Å². The highest BCUT2D eigenvalue weighted by Gasteiger charge is 2.14. The fraction of sp³-hybridized carbons (Fsp3) is 0.250. The third-order valence-electron chi connectivity index (χ3n) is 3.18. The summed E-state index contributed by atoms with van der Waals surface area (Å²) in [6.07, 6.45) is 1.24. The monoisotopic (exact) mass is 415 g/mol. The third kappa shape index (κ3) is 4.28. The van der Waals surface area contributed by atoms with Crippen LogP contribution in [0.3, 0.4) is 0 Å². The maximum Gasteiger partial charge on any atom is 0.141 e. The number of rotatable bonds is 5. The van der Waals surface area contributed by atoms with E-state index in [2.05, 4.69) is 31.9 Å². The number of halogens is 3. The molecule has 0 fully saturated rings. The summed E-state index contributed by atoms with van der Waals surface area (Å²) in [6, 6.07) is 10.3. The Hall–Kier alpha value is -0.910. The zero-order chi connectivity index (χ0) is 15.4. The van der Waals surface area contributed by atoms with E-state index in [4.69, 9.17) is 10.5 Å². The summed E-state index contributed by atoms with van der Waals surface area (Å²) >= 11 is 6.83. The minimum absolute atomic E-state index is 0.0855. The minimum atomic E-state index is -0.287. The second-order valence-electron chi connectivity index (χ2n) is 4.77. The van der Waals surface area contributed by atoms with E-state index in [1.54, 1.807) is 12.1 Å². The van der Waals surface area contributed by atoms with E-state index in [9.17, 15) is 4.39 Å². The number of benzene rings is 2. The van der Waals surface area contributed by atoms with Crippen molar-refractivity contribution in [3.63, 3.8) is 0 Å². The molecular formula is C16H16Br2FNO. The molecule has 2 N–H and O–H groups in total. The molecule has 0 aliphatic rings. The van der Waals surface area contributed by atoms with Gasteiger partial charge in [-0.15, -0.1) is 0 Å². The predicted octanol–water partition coefficient (Wildman–Crippen LogP) is 5.42. The number of hydrogen-bond acceptors (Lipinski definition) is 2. The average Bonchev–Trinajstić information content (AvgIpc) is 2.45. The van der Waals surface area contributed by atoms with Gasteiger partial charge >= 0.3 is 0 Å².